The molecular formula is C47H50Cl3N7O3. The van der Waals surface area contributed by atoms with Gasteiger partial charge in [0.05, 0.1) is 40.7 Å². The maximum Gasteiger partial charge on any atom is 0.272 e. The van der Waals surface area contributed by atoms with Crippen molar-refractivity contribution in [3.63, 3.8) is 0 Å². The number of piperazine rings is 1. The van der Waals surface area contributed by atoms with Gasteiger partial charge in [-0.25, -0.2) is 4.98 Å². The van der Waals surface area contributed by atoms with Crippen LogP contribution in [0.5, 0.6) is 0 Å². The second-order valence-corrected chi connectivity index (χ2v) is 18.0. The minimum Gasteiger partial charge on any atom is -0.389 e. The van der Waals surface area contributed by atoms with Crippen molar-refractivity contribution in [1.82, 2.24) is 24.8 Å². The van der Waals surface area contributed by atoms with E-state index < -0.39 is 11.5 Å². The van der Waals surface area contributed by atoms with Crippen molar-refractivity contribution < 1.29 is 14.7 Å². The Morgan fingerprint density at radius 2 is 1.62 bits per heavy atom. The van der Waals surface area contributed by atoms with Gasteiger partial charge >= 0.3 is 0 Å². The van der Waals surface area contributed by atoms with E-state index >= 15 is 4.79 Å². The first-order valence-corrected chi connectivity index (χ1v) is 21.8. The number of fused-ring (bicyclic) bond motifs is 1. The summed E-state index contributed by atoms with van der Waals surface area (Å²) in [4.78, 5) is 41.8. The summed E-state index contributed by atoms with van der Waals surface area (Å²) < 4.78 is 2.04. The highest BCUT2D eigenvalue weighted by molar-refractivity contribution is 6.35. The lowest BCUT2D eigenvalue weighted by atomic mass is 9.99. The smallest absolute Gasteiger partial charge is 0.272 e. The number of hydrogen-bond donors (Lipinski definition) is 4. The summed E-state index contributed by atoms with van der Waals surface area (Å²) in [7, 11) is 0. The Morgan fingerprint density at radius 3 is 2.33 bits per heavy atom. The topological polar surface area (TPSA) is 119 Å². The van der Waals surface area contributed by atoms with Crippen LogP contribution in [-0.2, 0) is 0 Å². The summed E-state index contributed by atoms with van der Waals surface area (Å²) in [6, 6.07) is 25.9. The Balaban J connectivity index is 1.22. The van der Waals surface area contributed by atoms with E-state index in [9.17, 15) is 9.90 Å². The molecule has 312 valence electrons. The summed E-state index contributed by atoms with van der Waals surface area (Å²) in [6.45, 7) is 9.88. The van der Waals surface area contributed by atoms with Crippen LogP contribution in [-0.4, -0.2) is 81.2 Å². The average molecular weight is 867 g/mol. The lowest BCUT2D eigenvalue weighted by Gasteiger charge is -2.38. The summed E-state index contributed by atoms with van der Waals surface area (Å²) in [5.74, 6) is 0.00235. The second-order valence-electron chi connectivity index (χ2n) is 16.7. The molecule has 60 heavy (non-hydrogen) atoms. The molecule has 2 amide bonds. The van der Waals surface area contributed by atoms with E-state index in [1.54, 1.807) is 38.4 Å². The third-order valence-corrected chi connectivity index (χ3v) is 12.6. The van der Waals surface area contributed by atoms with Crippen molar-refractivity contribution in [3.05, 3.63) is 123 Å². The molecule has 1 saturated heterocycles. The van der Waals surface area contributed by atoms with E-state index in [1.165, 1.54) is 25.7 Å². The number of amides is 2. The van der Waals surface area contributed by atoms with Crippen LogP contribution in [0.4, 0.5) is 11.4 Å². The Kier molecular flexibility index (Phi) is 12.3. The zero-order valence-corrected chi connectivity index (χ0v) is 36.3. The first-order chi connectivity index (χ1) is 28.8. The van der Waals surface area contributed by atoms with E-state index in [2.05, 4.69) is 25.4 Å². The monoisotopic (exact) mass is 865 g/mol. The first kappa shape index (κ1) is 41.9. The molecule has 6 aromatic rings. The number of benzene rings is 4. The molecule has 2 aliphatic rings. The number of halogens is 3. The van der Waals surface area contributed by atoms with Gasteiger partial charge in [0.15, 0.2) is 0 Å². The maximum absolute atomic E-state index is 15.1. The molecule has 1 saturated carbocycles. The third-order valence-electron chi connectivity index (χ3n) is 11.8. The third kappa shape index (κ3) is 9.09. The highest BCUT2D eigenvalue weighted by Crippen LogP contribution is 2.43. The van der Waals surface area contributed by atoms with Crippen LogP contribution in [0, 0.1) is 5.92 Å². The molecule has 13 heteroatoms. The number of imidazole rings is 1. The second kappa shape index (κ2) is 17.6. The Morgan fingerprint density at radius 1 is 0.900 bits per heavy atom. The molecule has 8 rings (SSSR count). The number of anilines is 2. The van der Waals surface area contributed by atoms with E-state index in [0.29, 0.717) is 54.5 Å². The van der Waals surface area contributed by atoms with Crippen molar-refractivity contribution in [2.45, 2.75) is 58.1 Å². The fourth-order valence-electron chi connectivity index (χ4n) is 8.65. The summed E-state index contributed by atoms with van der Waals surface area (Å²) in [6.07, 6.45) is 7.03. The zero-order valence-electron chi connectivity index (χ0n) is 34.1. The summed E-state index contributed by atoms with van der Waals surface area (Å²) in [5, 5.41) is 18.7. The van der Waals surface area contributed by atoms with Crippen LogP contribution < -0.4 is 15.5 Å². The van der Waals surface area contributed by atoms with Crippen molar-refractivity contribution >= 4 is 68.9 Å². The van der Waals surface area contributed by atoms with E-state index in [1.807, 2.05) is 78.2 Å². The van der Waals surface area contributed by atoms with Gasteiger partial charge in [-0.1, -0.05) is 90.1 Å². The van der Waals surface area contributed by atoms with Gasteiger partial charge in [-0.05, 0) is 87.6 Å². The fraction of sp³-hybridized carbons (Fsp3) is 0.340. The summed E-state index contributed by atoms with van der Waals surface area (Å²) >= 11 is 19.7. The Hall–Kier alpha value is -4.84. The van der Waals surface area contributed by atoms with Gasteiger partial charge in [0, 0.05) is 81.9 Å². The quantitative estimate of drug-likeness (QED) is 0.0973. The predicted molar refractivity (Wildman–Crippen MR) is 244 cm³/mol. The van der Waals surface area contributed by atoms with Crippen molar-refractivity contribution in [2.24, 2.45) is 5.92 Å². The van der Waals surface area contributed by atoms with E-state index in [4.69, 9.17) is 39.8 Å². The standard InChI is InChI=1S/C47H50Cl3N7O3/c1-29(35-16-14-33(48)24-37(35)50)57-28-52-42(31-11-5-4-6-12-31)44(57)41-36-17-15-34(49)25-38(36)53-43(41)46(59)54-39-23-32(45(58)51-27-47(2,3)60)13-18-40(39)56-21-19-55(20-22-56)26-30-9-7-8-10-30/h4-6,11-18,23-25,28-30,53,60H,7-10,19-22,26-27H2,1-3H3,(H,51,58)(H,54,59)/t29-/m0/s1. The SMILES string of the molecule is C[C@@H](c1ccc(Cl)cc1Cl)n1cnc(-c2ccccc2)c1-c1c(C(=O)Nc2cc(C(=O)NCC(C)(C)O)ccc2N2CCN(CC3CCCC3)CC2)[nH]c2cc(Cl)ccc12. The fourth-order valence-corrected chi connectivity index (χ4v) is 9.39. The normalized spacial score (nSPS) is 15.8. The first-order valence-electron chi connectivity index (χ1n) is 20.6. The molecule has 1 atom stereocenters. The molecule has 0 radical (unpaired) electrons. The van der Waals surface area contributed by atoms with E-state index in [0.717, 1.165) is 60.8 Å². The van der Waals surface area contributed by atoms with Gasteiger partial charge in [0.25, 0.3) is 11.8 Å². The predicted octanol–water partition coefficient (Wildman–Crippen LogP) is 10.3. The molecule has 0 bridgehead atoms. The van der Waals surface area contributed by atoms with Gasteiger partial charge in [-0.3, -0.25) is 14.5 Å². The molecule has 4 N–H and O–H groups in total. The number of carbonyl (C=O) groups excluding carboxylic acids is 2. The van der Waals surface area contributed by atoms with Gasteiger partial charge in [0.2, 0.25) is 0 Å². The lowest BCUT2D eigenvalue weighted by molar-refractivity contribution is 0.0694. The molecule has 2 fully saturated rings. The molecule has 3 heterocycles. The van der Waals surface area contributed by atoms with Crippen molar-refractivity contribution in [3.8, 4) is 22.5 Å². The van der Waals surface area contributed by atoms with Crippen LogP contribution in [0.1, 0.15) is 78.9 Å². The summed E-state index contributed by atoms with van der Waals surface area (Å²) in [5.41, 5.74) is 5.28. The average Bonchev–Trinajstić information content (AvgIpc) is 3.99. The van der Waals surface area contributed by atoms with Crippen LogP contribution in [0.25, 0.3) is 33.4 Å². The lowest BCUT2D eigenvalue weighted by Crippen LogP contribution is -2.47. The number of nitrogens with one attached hydrogen (secondary N) is 3. The highest BCUT2D eigenvalue weighted by atomic mass is 35.5. The van der Waals surface area contributed by atoms with Gasteiger partial charge in [-0.15, -0.1) is 0 Å². The van der Waals surface area contributed by atoms with E-state index in [-0.39, 0.29) is 18.5 Å². The molecular weight excluding hydrogens is 817 g/mol. The number of carbonyl (C=O) groups is 2. The molecule has 10 nitrogen and oxygen atoms in total. The van der Waals surface area contributed by atoms with Gasteiger partial charge < -0.3 is 30.2 Å². The maximum atomic E-state index is 15.1. The largest absolute Gasteiger partial charge is 0.389 e. The number of aromatic amines is 1. The molecule has 1 aliphatic heterocycles. The van der Waals surface area contributed by atoms with Crippen molar-refractivity contribution in [2.75, 3.05) is 49.5 Å². The van der Waals surface area contributed by atoms with Gasteiger partial charge in [-0.2, -0.15) is 0 Å². The number of hydrogen-bond acceptors (Lipinski definition) is 6. The minimum atomic E-state index is -1.10. The Labute approximate surface area is 365 Å². The minimum absolute atomic E-state index is 0.0658. The molecule has 4 aromatic carbocycles. The van der Waals surface area contributed by atoms with Gasteiger partial charge in [0.1, 0.15) is 5.69 Å². The number of aromatic nitrogens is 3. The Bertz CT molecular complexity index is 2520. The molecule has 0 spiro atoms. The van der Waals surface area contributed by atoms with Crippen LogP contribution in [0.3, 0.4) is 0 Å². The van der Waals surface area contributed by atoms with Crippen LogP contribution in [0.2, 0.25) is 15.1 Å². The van der Waals surface area contributed by atoms with Crippen LogP contribution in [0.15, 0.2) is 91.3 Å². The molecule has 2 aromatic heterocycles. The number of rotatable bonds is 12. The zero-order chi connectivity index (χ0) is 42.1. The molecule has 1 aliphatic carbocycles. The number of aliphatic hydroxyl groups is 1. The highest BCUT2D eigenvalue weighted by Gasteiger charge is 2.30. The number of H-pyrrole nitrogens is 1. The van der Waals surface area contributed by atoms with Crippen molar-refractivity contribution in [1.29, 1.82) is 0 Å². The van der Waals surface area contributed by atoms with Crippen LogP contribution >= 0.6 is 34.8 Å². The molecule has 0 unspecified atom stereocenters. The number of nitrogens with zero attached hydrogens (tertiary/aromatic N) is 4.